The van der Waals surface area contributed by atoms with Crippen LogP contribution < -0.4 is 10.2 Å². The molecule has 0 unspecified atom stereocenters. The van der Waals surface area contributed by atoms with Gasteiger partial charge in [-0.05, 0) is 24.2 Å². The van der Waals surface area contributed by atoms with Crippen molar-refractivity contribution in [2.75, 3.05) is 18.5 Å². The molecule has 0 amide bonds. The van der Waals surface area contributed by atoms with Crippen LogP contribution in [0.15, 0.2) is 36.9 Å². The quantitative estimate of drug-likeness (QED) is 0.852. The molecule has 5 heteroatoms. The second-order valence-corrected chi connectivity index (χ2v) is 4.36. The van der Waals surface area contributed by atoms with Crippen LogP contribution in [0.5, 0.6) is 0 Å². The topological polar surface area (TPSA) is 53.9 Å². The zero-order chi connectivity index (χ0) is 13.5. The minimum Gasteiger partial charge on any atom is -0.354 e. The highest BCUT2D eigenvalue weighted by Gasteiger charge is 2.05. The molecule has 100 valence electrons. The molecule has 0 saturated carbocycles. The molecule has 0 aliphatic carbocycles. The maximum absolute atomic E-state index is 4.59. The largest absolute Gasteiger partial charge is 0.354 e. The Morgan fingerprint density at radius 2 is 1.95 bits per heavy atom. The molecule has 0 radical (unpaired) electrons. The molecule has 1 N–H and O–H groups in total. The molecule has 0 atom stereocenters. The van der Waals surface area contributed by atoms with Gasteiger partial charge in [-0.1, -0.05) is 6.92 Å². The monoisotopic (exact) mass is 257 g/mol. The first kappa shape index (κ1) is 13.4. The first-order valence-electron chi connectivity index (χ1n) is 6.41. The normalized spacial score (nSPS) is 10.4. The molecular weight excluding hydrogens is 238 g/mol. The van der Waals surface area contributed by atoms with E-state index in [2.05, 4.69) is 32.1 Å². The maximum Gasteiger partial charge on any atom is 0.147 e. The Morgan fingerprint density at radius 1 is 1.16 bits per heavy atom. The van der Waals surface area contributed by atoms with Gasteiger partial charge >= 0.3 is 0 Å². The molecular formula is C14H19N5. The van der Waals surface area contributed by atoms with Gasteiger partial charge in [0.25, 0.3) is 0 Å². The van der Waals surface area contributed by atoms with Crippen LogP contribution in [0, 0.1) is 0 Å². The van der Waals surface area contributed by atoms with Crippen molar-refractivity contribution in [3.63, 3.8) is 0 Å². The first-order valence-corrected chi connectivity index (χ1v) is 6.41. The average molecular weight is 257 g/mol. The van der Waals surface area contributed by atoms with Gasteiger partial charge in [0.1, 0.15) is 5.82 Å². The number of hydrogen-bond donors (Lipinski definition) is 1. The van der Waals surface area contributed by atoms with E-state index < -0.39 is 0 Å². The molecule has 2 heterocycles. The number of pyridine rings is 1. The fourth-order valence-electron chi connectivity index (χ4n) is 1.76. The summed E-state index contributed by atoms with van der Waals surface area (Å²) in [5, 5.41) is 3.25. The predicted molar refractivity (Wildman–Crippen MR) is 75.8 cm³/mol. The van der Waals surface area contributed by atoms with E-state index in [1.807, 2.05) is 19.2 Å². The first-order chi connectivity index (χ1) is 9.29. The van der Waals surface area contributed by atoms with Crippen molar-refractivity contribution in [2.24, 2.45) is 0 Å². The van der Waals surface area contributed by atoms with E-state index in [1.54, 1.807) is 24.8 Å². The average Bonchev–Trinajstić information content (AvgIpc) is 2.46. The van der Waals surface area contributed by atoms with Crippen LogP contribution in [-0.2, 0) is 13.1 Å². The van der Waals surface area contributed by atoms with Crippen LogP contribution in [0.4, 0.5) is 5.82 Å². The van der Waals surface area contributed by atoms with E-state index in [0.717, 1.165) is 31.1 Å². The van der Waals surface area contributed by atoms with Gasteiger partial charge in [-0.15, -0.1) is 0 Å². The summed E-state index contributed by atoms with van der Waals surface area (Å²) in [4.78, 5) is 14.9. The summed E-state index contributed by atoms with van der Waals surface area (Å²) in [6.07, 6.45) is 7.19. The molecule has 0 spiro atoms. The Morgan fingerprint density at radius 3 is 2.68 bits per heavy atom. The molecule has 0 aromatic carbocycles. The van der Waals surface area contributed by atoms with Crippen molar-refractivity contribution < 1.29 is 0 Å². The second kappa shape index (κ2) is 6.80. The van der Waals surface area contributed by atoms with Crippen molar-refractivity contribution in [3.05, 3.63) is 48.2 Å². The zero-order valence-corrected chi connectivity index (χ0v) is 11.4. The minimum absolute atomic E-state index is 0.750. The van der Waals surface area contributed by atoms with Crippen molar-refractivity contribution in [3.8, 4) is 0 Å². The molecule has 2 aromatic rings. The van der Waals surface area contributed by atoms with Gasteiger partial charge in [0, 0.05) is 38.7 Å². The van der Waals surface area contributed by atoms with Crippen molar-refractivity contribution in [2.45, 2.75) is 20.0 Å². The highest BCUT2D eigenvalue weighted by Crippen LogP contribution is 2.11. The summed E-state index contributed by atoms with van der Waals surface area (Å²) in [6.45, 7) is 4.55. The van der Waals surface area contributed by atoms with Gasteiger partial charge in [0.15, 0.2) is 0 Å². The van der Waals surface area contributed by atoms with Crippen molar-refractivity contribution in [1.82, 2.24) is 20.3 Å². The number of rotatable bonds is 6. The van der Waals surface area contributed by atoms with Crippen LogP contribution in [-0.4, -0.2) is 28.5 Å². The van der Waals surface area contributed by atoms with Gasteiger partial charge in [0.2, 0.25) is 0 Å². The third-order valence-electron chi connectivity index (χ3n) is 2.79. The summed E-state index contributed by atoms with van der Waals surface area (Å²) in [7, 11) is 2.02. The number of anilines is 1. The summed E-state index contributed by atoms with van der Waals surface area (Å²) >= 11 is 0. The Kier molecular flexibility index (Phi) is 4.80. The summed E-state index contributed by atoms with van der Waals surface area (Å²) < 4.78 is 0. The van der Waals surface area contributed by atoms with Gasteiger partial charge in [-0.2, -0.15) is 0 Å². The predicted octanol–water partition coefficient (Wildman–Crippen LogP) is 1.62. The smallest absolute Gasteiger partial charge is 0.147 e. The van der Waals surface area contributed by atoms with Crippen molar-refractivity contribution >= 4 is 5.82 Å². The van der Waals surface area contributed by atoms with Gasteiger partial charge in [0.05, 0.1) is 11.9 Å². The van der Waals surface area contributed by atoms with E-state index in [9.17, 15) is 0 Å². The number of nitrogens with one attached hydrogen (secondary N) is 1. The highest BCUT2D eigenvalue weighted by molar-refractivity contribution is 5.36. The highest BCUT2D eigenvalue weighted by atomic mass is 15.2. The lowest BCUT2D eigenvalue weighted by Crippen LogP contribution is -2.20. The maximum atomic E-state index is 4.59. The van der Waals surface area contributed by atoms with E-state index in [-0.39, 0.29) is 0 Å². The summed E-state index contributed by atoms with van der Waals surface area (Å²) in [5.74, 6) is 0.882. The molecule has 0 bridgehead atoms. The van der Waals surface area contributed by atoms with Crippen molar-refractivity contribution in [1.29, 1.82) is 0 Å². The second-order valence-electron chi connectivity index (χ2n) is 4.36. The van der Waals surface area contributed by atoms with E-state index in [4.69, 9.17) is 0 Å². The lowest BCUT2D eigenvalue weighted by molar-refractivity contribution is 0.704. The Hall–Kier alpha value is -2.01. The number of aromatic nitrogens is 3. The summed E-state index contributed by atoms with van der Waals surface area (Å²) in [6, 6.07) is 4.01. The summed E-state index contributed by atoms with van der Waals surface area (Å²) in [5.41, 5.74) is 2.16. The fourth-order valence-corrected chi connectivity index (χ4v) is 1.76. The van der Waals surface area contributed by atoms with Gasteiger partial charge in [-0.25, -0.2) is 4.98 Å². The third kappa shape index (κ3) is 3.99. The zero-order valence-electron chi connectivity index (χ0n) is 11.4. The third-order valence-corrected chi connectivity index (χ3v) is 2.79. The molecule has 5 nitrogen and oxygen atoms in total. The van der Waals surface area contributed by atoms with E-state index in [1.165, 1.54) is 5.56 Å². The van der Waals surface area contributed by atoms with Crippen LogP contribution in [0.2, 0.25) is 0 Å². The fraction of sp³-hybridized carbons (Fsp3) is 0.357. The number of nitrogens with zero attached hydrogens (tertiary/aromatic N) is 4. The molecule has 0 aliphatic rings. The van der Waals surface area contributed by atoms with Crippen LogP contribution in [0.1, 0.15) is 18.2 Å². The van der Waals surface area contributed by atoms with Crippen LogP contribution >= 0.6 is 0 Å². The Labute approximate surface area is 113 Å². The lowest BCUT2D eigenvalue weighted by Gasteiger charge is -2.18. The molecule has 2 aromatic heterocycles. The Bertz CT molecular complexity index is 500. The Balaban J connectivity index is 2.04. The molecule has 19 heavy (non-hydrogen) atoms. The van der Waals surface area contributed by atoms with Gasteiger partial charge in [-0.3, -0.25) is 9.97 Å². The van der Waals surface area contributed by atoms with Gasteiger partial charge < -0.3 is 10.2 Å². The number of hydrogen-bond acceptors (Lipinski definition) is 5. The lowest BCUT2D eigenvalue weighted by atomic mass is 10.2. The van der Waals surface area contributed by atoms with Crippen LogP contribution in [0.25, 0.3) is 0 Å². The molecule has 0 fully saturated rings. The SMILES string of the molecule is CCNCc1cncc(N(C)Cc2ccncc2)n1. The molecule has 2 rings (SSSR count). The van der Waals surface area contributed by atoms with E-state index >= 15 is 0 Å². The standard InChI is InChI=1S/C14H19N5/c1-3-15-8-13-9-17-10-14(18-13)19(2)11-12-4-6-16-7-5-12/h4-7,9-10,15H,3,8,11H2,1-2H3. The molecule has 0 aliphatic heterocycles. The molecule has 0 saturated heterocycles. The van der Waals surface area contributed by atoms with Crippen LogP contribution in [0.3, 0.4) is 0 Å². The van der Waals surface area contributed by atoms with E-state index in [0.29, 0.717) is 0 Å². The minimum atomic E-state index is 0.750.